The molecule has 0 atom stereocenters. The first-order valence-electron chi connectivity index (χ1n) is 6.05. The monoisotopic (exact) mass is 332 g/mol. The lowest BCUT2D eigenvalue weighted by atomic mass is 9.93. The molecule has 0 saturated carbocycles. The van der Waals surface area contributed by atoms with Crippen LogP contribution >= 0.6 is 11.6 Å². The molecule has 0 saturated heterocycles. The molecule has 1 aromatic heterocycles. The molecule has 8 heteroatoms. The smallest absolute Gasteiger partial charge is 0.263 e. The van der Waals surface area contributed by atoms with Crippen LogP contribution in [0.15, 0.2) is 33.7 Å². The summed E-state index contributed by atoms with van der Waals surface area (Å²) < 4.78 is 44.7. The lowest BCUT2D eigenvalue weighted by Crippen LogP contribution is -2.13. The molecule has 0 radical (unpaired) electrons. The number of benzene rings is 1. The van der Waals surface area contributed by atoms with Crippen LogP contribution in [0.3, 0.4) is 0 Å². The highest BCUT2D eigenvalue weighted by Gasteiger charge is 2.22. The van der Waals surface area contributed by atoms with Crippen molar-refractivity contribution in [2.45, 2.75) is 31.1 Å². The molecule has 0 aliphatic carbocycles. The molecule has 114 valence electrons. The third-order valence-electron chi connectivity index (χ3n) is 2.69. The molecule has 1 aromatic carbocycles. The number of nitrogens with one attached hydrogen (secondary N) is 1. The van der Waals surface area contributed by atoms with Crippen LogP contribution < -0.4 is 4.72 Å². The summed E-state index contributed by atoms with van der Waals surface area (Å²) in [7, 11) is -3.91. The van der Waals surface area contributed by atoms with Crippen molar-refractivity contribution in [3.8, 4) is 0 Å². The molecule has 0 spiro atoms. The van der Waals surface area contributed by atoms with Crippen molar-refractivity contribution in [1.29, 1.82) is 0 Å². The van der Waals surface area contributed by atoms with Gasteiger partial charge in [0.15, 0.2) is 5.82 Å². The number of sulfonamides is 1. The number of anilines is 1. The van der Waals surface area contributed by atoms with Gasteiger partial charge in [-0.15, -0.1) is 0 Å². The minimum atomic E-state index is -3.91. The van der Waals surface area contributed by atoms with Gasteiger partial charge in [0, 0.05) is 11.5 Å². The van der Waals surface area contributed by atoms with Gasteiger partial charge in [-0.25, -0.2) is 12.8 Å². The summed E-state index contributed by atoms with van der Waals surface area (Å²) in [5.74, 6) is -0.0928. The summed E-state index contributed by atoms with van der Waals surface area (Å²) in [6, 6.07) is 4.64. The Morgan fingerprint density at radius 2 is 1.95 bits per heavy atom. The summed E-state index contributed by atoms with van der Waals surface area (Å²) in [5.41, 5.74) is -0.296. The number of hydrogen-bond donors (Lipinski definition) is 1. The highest BCUT2D eigenvalue weighted by molar-refractivity contribution is 7.92. The Balaban J connectivity index is 2.29. The van der Waals surface area contributed by atoms with Crippen LogP contribution in [0.1, 0.15) is 26.5 Å². The van der Waals surface area contributed by atoms with Crippen LogP contribution in [0.2, 0.25) is 5.02 Å². The van der Waals surface area contributed by atoms with Gasteiger partial charge < -0.3 is 4.52 Å². The Morgan fingerprint density at radius 3 is 2.48 bits per heavy atom. The Morgan fingerprint density at radius 1 is 1.29 bits per heavy atom. The van der Waals surface area contributed by atoms with Crippen molar-refractivity contribution in [3.05, 3.63) is 40.9 Å². The van der Waals surface area contributed by atoms with Gasteiger partial charge in [-0.3, -0.25) is 4.72 Å². The molecular formula is C13H14ClFN2O3S. The van der Waals surface area contributed by atoms with Gasteiger partial charge in [0.1, 0.15) is 11.6 Å². The quantitative estimate of drug-likeness (QED) is 0.932. The minimum absolute atomic E-state index is 0.0559. The van der Waals surface area contributed by atoms with Crippen molar-refractivity contribution >= 4 is 27.4 Å². The standard InChI is InChI=1S/C13H14ClFN2O3S/c1-13(2,3)11-7-12(16-20-11)17-21(18,19)8-4-5-10(15)9(14)6-8/h4-7H,1-3H3,(H,16,17). The van der Waals surface area contributed by atoms with E-state index < -0.39 is 15.8 Å². The normalized spacial score (nSPS) is 12.4. The van der Waals surface area contributed by atoms with Crippen LogP contribution in [0, 0.1) is 5.82 Å². The predicted molar refractivity (Wildman–Crippen MR) is 77.4 cm³/mol. The van der Waals surface area contributed by atoms with Gasteiger partial charge in [0.05, 0.1) is 9.92 Å². The molecule has 2 aromatic rings. The van der Waals surface area contributed by atoms with Gasteiger partial charge >= 0.3 is 0 Å². The van der Waals surface area contributed by atoms with E-state index >= 15 is 0 Å². The number of hydrogen-bond acceptors (Lipinski definition) is 4. The third kappa shape index (κ3) is 3.54. The third-order valence-corrected chi connectivity index (χ3v) is 4.33. The fraction of sp³-hybridized carbons (Fsp3) is 0.308. The van der Waals surface area contributed by atoms with Gasteiger partial charge in [0.25, 0.3) is 10.0 Å². The lowest BCUT2D eigenvalue weighted by molar-refractivity contribution is 0.331. The van der Waals surface area contributed by atoms with E-state index in [9.17, 15) is 12.8 Å². The first-order valence-corrected chi connectivity index (χ1v) is 7.91. The zero-order valence-electron chi connectivity index (χ0n) is 11.6. The average Bonchev–Trinajstić information content (AvgIpc) is 2.80. The summed E-state index contributed by atoms with van der Waals surface area (Å²) in [6.45, 7) is 5.72. The molecule has 0 unspecified atom stereocenters. The molecule has 1 N–H and O–H groups in total. The number of aromatic nitrogens is 1. The van der Waals surface area contributed by atoms with Gasteiger partial charge in [-0.05, 0) is 18.2 Å². The molecular weight excluding hydrogens is 319 g/mol. The number of nitrogens with zero attached hydrogens (tertiary/aromatic N) is 1. The first kappa shape index (κ1) is 15.8. The second-order valence-corrected chi connectivity index (χ2v) is 7.60. The zero-order chi connectivity index (χ0) is 15.8. The van der Waals surface area contributed by atoms with Crippen molar-refractivity contribution in [3.63, 3.8) is 0 Å². The predicted octanol–water partition coefficient (Wildman–Crippen LogP) is 3.57. The second kappa shape index (κ2) is 5.31. The molecule has 1 heterocycles. The van der Waals surface area contributed by atoms with Gasteiger partial charge in [-0.1, -0.05) is 37.5 Å². The molecule has 0 fully saturated rings. The molecule has 21 heavy (non-hydrogen) atoms. The average molecular weight is 333 g/mol. The van der Waals surface area contributed by atoms with Gasteiger partial charge in [0.2, 0.25) is 0 Å². The fourth-order valence-corrected chi connectivity index (χ4v) is 2.77. The fourth-order valence-electron chi connectivity index (χ4n) is 1.52. The van der Waals surface area contributed by atoms with Crippen LogP contribution in [-0.2, 0) is 15.4 Å². The molecule has 0 amide bonds. The molecule has 2 rings (SSSR count). The maximum atomic E-state index is 13.1. The number of rotatable bonds is 3. The van der Waals surface area contributed by atoms with Crippen LogP contribution in [-0.4, -0.2) is 13.6 Å². The van der Waals surface area contributed by atoms with Crippen molar-refractivity contribution in [1.82, 2.24) is 5.16 Å². The Bertz CT molecular complexity index is 766. The SMILES string of the molecule is CC(C)(C)c1cc(NS(=O)(=O)c2ccc(F)c(Cl)c2)no1. The number of halogens is 2. The van der Waals surface area contributed by atoms with Crippen LogP contribution in [0.25, 0.3) is 0 Å². The van der Waals surface area contributed by atoms with Gasteiger partial charge in [-0.2, -0.15) is 0 Å². The van der Waals surface area contributed by atoms with Crippen molar-refractivity contribution in [2.24, 2.45) is 0 Å². The van der Waals surface area contributed by atoms with Crippen molar-refractivity contribution < 1.29 is 17.3 Å². The van der Waals surface area contributed by atoms with E-state index in [4.69, 9.17) is 16.1 Å². The maximum absolute atomic E-state index is 13.1. The highest BCUT2D eigenvalue weighted by Crippen LogP contribution is 2.26. The first-order chi connectivity index (χ1) is 9.59. The molecule has 5 nitrogen and oxygen atoms in total. The van der Waals surface area contributed by atoms with E-state index in [2.05, 4.69) is 9.88 Å². The zero-order valence-corrected chi connectivity index (χ0v) is 13.2. The van der Waals surface area contributed by atoms with E-state index in [1.54, 1.807) is 0 Å². The van der Waals surface area contributed by atoms with E-state index in [-0.39, 0.29) is 21.2 Å². The van der Waals surface area contributed by atoms with Crippen molar-refractivity contribution in [2.75, 3.05) is 4.72 Å². The molecule has 0 aliphatic heterocycles. The van der Waals surface area contributed by atoms with Crippen LogP contribution in [0.5, 0.6) is 0 Å². The van der Waals surface area contributed by atoms with E-state index in [1.807, 2.05) is 20.8 Å². The summed E-state index contributed by atoms with van der Waals surface area (Å²) in [5, 5.41) is 3.39. The lowest BCUT2D eigenvalue weighted by Gasteiger charge is -2.12. The van der Waals surface area contributed by atoms with E-state index in [1.165, 1.54) is 6.07 Å². The summed E-state index contributed by atoms with van der Waals surface area (Å²) in [6.07, 6.45) is 0. The highest BCUT2D eigenvalue weighted by atomic mass is 35.5. The Hall–Kier alpha value is -1.60. The second-order valence-electron chi connectivity index (χ2n) is 5.51. The Labute approximate surface area is 127 Å². The summed E-state index contributed by atoms with van der Waals surface area (Å²) in [4.78, 5) is -0.158. The summed E-state index contributed by atoms with van der Waals surface area (Å²) >= 11 is 5.59. The van der Waals surface area contributed by atoms with E-state index in [0.717, 1.165) is 18.2 Å². The largest absolute Gasteiger partial charge is 0.359 e. The minimum Gasteiger partial charge on any atom is -0.359 e. The Kier molecular flexibility index (Phi) is 3.99. The van der Waals surface area contributed by atoms with Crippen LogP contribution in [0.4, 0.5) is 10.2 Å². The topological polar surface area (TPSA) is 72.2 Å². The van der Waals surface area contributed by atoms with E-state index in [0.29, 0.717) is 5.76 Å². The maximum Gasteiger partial charge on any atom is 0.263 e. The molecule has 0 bridgehead atoms. The molecule has 0 aliphatic rings.